The number of rotatable bonds is 5. The fourth-order valence-corrected chi connectivity index (χ4v) is 1.92. The van der Waals surface area contributed by atoms with Gasteiger partial charge in [-0.15, -0.1) is 0 Å². The number of benzene rings is 1. The van der Waals surface area contributed by atoms with Crippen LogP contribution in [0.1, 0.15) is 30.6 Å². The van der Waals surface area contributed by atoms with Crippen molar-refractivity contribution in [3.63, 3.8) is 0 Å². The molecule has 110 valence electrons. The number of carbonyl (C=O) groups is 2. The maximum Gasteiger partial charge on any atom is 0.335 e. The molecule has 0 heterocycles. The molecule has 0 bridgehead atoms. The first-order chi connectivity index (χ1) is 9.33. The average molecular weight is 299 g/mol. The normalized spacial score (nSPS) is 11.8. The lowest BCUT2D eigenvalue weighted by Crippen LogP contribution is -2.34. The van der Waals surface area contributed by atoms with Gasteiger partial charge >= 0.3 is 12.0 Å². The largest absolute Gasteiger partial charge is 0.478 e. The number of carboxylic acids is 1. The predicted octanol–water partition coefficient (Wildman–Crippen LogP) is 3.55. The summed E-state index contributed by atoms with van der Waals surface area (Å²) in [6.45, 7) is 4.76. The maximum atomic E-state index is 12.0. The minimum atomic E-state index is -1.09. The summed E-state index contributed by atoms with van der Waals surface area (Å²) in [5.74, 6) is -0.685. The number of aromatic carboxylic acids is 1. The zero-order valence-electron chi connectivity index (χ0n) is 11.8. The zero-order valence-corrected chi connectivity index (χ0v) is 12.6. The summed E-state index contributed by atoms with van der Waals surface area (Å²) in [5, 5.41) is 11.9. The van der Waals surface area contributed by atoms with Crippen LogP contribution < -0.4 is 5.32 Å². The molecule has 1 atom stereocenters. The molecule has 1 rings (SSSR count). The van der Waals surface area contributed by atoms with E-state index in [2.05, 4.69) is 19.2 Å². The molecule has 1 aromatic carbocycles. The Labute approximate surface area is 123 Å². The summed E-state index contributed by atoms with van der Waals surface area (Å²) in [7, 11) is 1.70. The predicted molar refractivity (Wildman–Crippen MR) is 79.5 cm³/mol. The lowest BCUT2D eigenvalue weighted by atomic mass is 10.1. The number of halogens is 1. The Bertz CT molecular complexity index is 505. The first kappa shape index (κ1) is 16.3. The van der Waals surface area contributed by atoms with Crippen molar-refractivity contribution in [2.75, 3.05) is 18.9 Å². The first-order valence-electron chi connectivity index (χ1n) is 6.39. The molecule has 1 aromatic rings. The van der Waals surface area contributed by atoms with Crippen molar-refractivity contribution in [3.8, 4) is 0 Å². The topological polar surface area (TPSA) is 69.6 Å². The molecule has 0 saturated heterocycles. The third kappa shape index (κ3) is 4.74. The van der Waals surface area contributed by atoms with E-state index in [1.165, 1.54) is 18.2 Å². The SMILES string of the molecule is CCC(C)CN(C)C(=O)Nc1cc(Cl)cc(C(=O)O)c1. The number of hydrogen-bond acceptors (Lipinski definition) is 2. The molecule has 2 N–H and O–H groups in total. The average Bonchev–Trinajstić information content (AvgIpc) is 2.37. The lowest BCUT2D eigenvalue weighted by Gasteiger charge is -2.21. The van der Waals surface area contributed by atoms with Crippen LogP contribution >= 0.6 is 11.6 Å². The van der Waals surface area contributed by atoms with Gasteiger partial charge in [-0.05, 0) is 24.1 Å². The molecule has 0 aliphatic heterocycles. The molecule has 0 spiro atoms. The number of hydrogen-bond donors (Lipinski definition) is 2. The lowest BCUT2D eigenvalue weighted by molar-refractivity contribution is 0.0697. The van der Waals surface area contributed by atoms with Crippen LogP contribution in [0.3, 0.4) is 0 Å². The quantitative estimate of drug-likeness (QED) is 0.873. The molecule has 0 saturated carbocycles. The van der Waals surface area contributed by atoms with E-state index in [0.717, 1.165) is 6.42 Å². The van der Waals surface area contributed by atoms with E-state index < -0.39 is 5.97 Å². The van der Waals surface area contributed by atoms with Crippen LogP contribution in [0.2, 0.25) is 5.02 Å². The third-order valence-corrected chi connectivity index (χ3v) is 3.24. The second-order valence-corrected chi connectivity index (χ2v) is 5.29. The summed E-state index contributed by atoms with van der Waals surface area (Å²) in [4.78, 5) is 24.5. The first-order valence-corrected chi connectivity index (χ1v) is 6.77. The summed E-state index contributed by atoms with van der Waals surface area (Å²) < 4.78 is 0. The Balaban J connectivity index is 2.77. The number of nitrogens with zero attached hydrogens (tertiary/aromatic N) is 1. The fourth-order valence-electron chi connectivity index (χ4n) is 1.68. The third-order valence-electron chi connectivity index (χ3n) is 3.03. The highest BCUT2D eigenvalue weighted by molar-refractivity contribution is 6.31. The zero-order chi connectivity index (χ0) is 15.3. The second-order valence-electron chi connectivity index (χ2n) is 4.86. The van der Waals surface area contributed by atoms with Crippen molar-refractivity contribution in [1.29, 1.82) is 0 Å². The molecular weight excluding hydrogens is 280 g/mol. The van der Waals surface area contributed by atoms with Gasteiger partial charge in [0.15, 0.2) is 0 Å². The van der Waals surface area contributed by atoms with Crippen molar-refractivity contribution in [3.05, 3.63) is 28.8 Å². The molecule has 0 aliphatic rings. The van der Waals surface area contributed by atoms with Crippen LogP contribution in [0.5, 0.6) is 0 Å². The van der Waals surface area contributed by atoms with Gasteiger partial charge in [-0.25, -0.2) is 9.59 Å². The molecule has 0 aliphatic carbocycles. The van der Waals surface area contributed by atoms with E-state index in [4.69, 9.17) is 16.7 Å². The number of anilines is 1. The van der Waals surface area contributed by atoms with Gasteiger partial charge in [0.25, 0.3) is 0 Å². The highest BCUT2D eigenvalue weighted by Gasteiger charge is 2.13. The van der Waals surface area contributed by atoms with Gasteiger partial charge in [-0.1, -0.05) is 31.9 Å². The summed E-state index contributed by atoms with van der Waals surface area (Å²) >= 11 is 5.84. The van der Waals surface area contributed by atoms with Gasteiger partial charge in [0.1, 0.15) is 0 Å². The Morgan fingerprint density at radius 1 is 1.40 bits per heavy atom. The van der Waals surface area contributed by atoms with Gasteiger partial charge in [-0.3, -0.25) is 0 Å². The number of urea groups is 1. The molecule has 0 radical (unpaired) electrons. The monoisotopic (exact) mass is 298 g/mol. The Hall–Kier alpha value is -1.75. The van der Waals surface area contributed by atoms with Crippen molar-refractivity contribution in [2.45, 2.75) is 20.3 Å². The van der Waals surface area contributed by atoms with Crippen molar-refractivity contribution >= 4 is 29.3 Å². The van der Waals surface area contributed by atoms with E-state index >= 15 is 0 Å². The Morgan fingerprint density at radius 3 is 2.60 bits per heavy atom. The minimum Gasteiger partial charge on any atom is -0.478 e. The van der Waals surface area contributed by atoms with Crippen LogP contribution in [0.15, 0.2) is 18.2 Å². The molecule has 1 unspecified atom stereocenters. The summed E-state index contributed by atoms with van der Waals surface area (Å²) in [6.07, 6.45) is 0.984. The minimum absolute atomic E-state index is 0.0392. The second kappa shape index (κ2) is 7.14. The molecule has 6 heteroatoms. The van der Waals surface area contributed by atoms with Gasteiger partial charge in [-0.2, -0.15) is 0 Å². The molecule has 2 amide bonds. The smallest absolute Gasteiger partial charge is 0.335 e. The number of amides is 2. The van der Waals surface area contributed by atoms with Crippen LogP contribution in [0, 0.1) is 5.92 Å². The van der Waals surface area contributed by atoms with Crippen LogP contribution in [-0.4, -0.2) is 35.6 Å². The van der Waals surface area contributed by atoms with Gasteiger partial charge in [0, 0.05) is 24.3 Å². The van der Waals surface area contributed by atoms with E-state index in [1.807, 2.05) is 0 Å². The van der Waals surface area contributed by atoms with Gasteiger partial charge < -0.3 is 15.3 Å². The number of carbonyl (C=O) groups excluding carboxylic acids is 1. The van der Waals surface area contributed by atoms with Crippen LogP contribution in [-0.2, 0) is 0 Å². The van der Waals surface area contributed by atoms with Crippen LogP contribution in [0.4, 0.5) is 10.5 Å². The van der Waals surface area contributed by atoms with Gasteiger partial charge in [0.2, 0.25) is 0 Å². The summed E-state index contributed by atoms with van der Waals surface area (Å²) in [5.41, 5.74) is 0.410. The van der Waals surface area contributed by atoms with Crippen molar-refractivity contribution in [1.82, 2.24) is 4.90 Å². The van der Waals surface area contributed by atoms with E-state index in [9.17, 15) is 9.59 Å². The molecular formula is C14H19ClN2O3. The van der Waals surface area contributed by atoms with E-state index in [-0.39, 0.29) is 16.6 Å². The van der Waals surface area contributed by atoms with Crippen molar-refractivity contribution < 1.29 is 14.7 Å². The Morgan fingerprint density at radius 2 is 2.05 bits per heavy atom. The van der Waals surface area contributed by atoms with Crippen molar-refractivity contribution in [2.24, 2.45) is 5.92 Å². The number of carboxylic acid groups (broad SMARTS) is 1. The van der Waals surface area contributed by atoms with E-state index in [0.29, 0.717) is 18.2 Å². The van der Waals surface area contributed by atoms with Crippen LogP contribution in [0.25, 0.3) is 0 Å². The highest BCUT2D eigenvalue weighted by atomic mass is 35.5. The molecule has 0 aromatic heterocycles. The standard InChI is InChI=1S/C14H19ClN2O3/c1-4-9(2)8-17(3)14(20)16-12-6-10(13(18)19)5-11(15)7-12/h5-7,9H,4,8H2,1-3H3,(H,16,20)(H,18,19). The molecule has 5 nitrogen and oxygen atoms in total. The van der Waals surface area contributed by atoms with Gasteiger partial charge in [0.05, 0.1) is 5.56 Å². The Kier molecular flexibility index (Phi) is 5.82. The molecule has 0 fully saturated rings. The highest BCUT2D eigenvalue weighted by Crippen LogP contribution is 2.19. The van der Waals surface area contributed by atoms with E-state index in [1.54, 1.807) is 11.9 Å². The fraction of sp³-hybridized carbons (Fsp3) is 0.429. The maximum absolute atomic E-state index is 12.0. The number of nitrogens with one attached hydrogen (secondary N) is 1. The molecule has 20 heavy (non-hydrogen) atoms. The summed E-state index contributed by atoms with van der Waals surface area (Å²) in [6, 6.07) is 3.94.